The highest BCUT2D eigenvalue weighted by Gasteiger charge is 2.39. The van der Waals surface area contributed by atoms with E-state index < -0.39 is 29.0 Å². The molecule has 2 heterocycles. The van der Waals surface area contributed by atoms with Gasteiger partial charge in [0.05, 0.1) is 22.3 Å². The summed E-state index contributed by atoms with van der Waals surface area (Å²) in [4.78, 5) is 10.7. The molecule has 0 amide bonds. The van der Waals surface area contributed by atoms with Crippen molar-refractivity contribution < 1.29 is 26.3 Å². The van der Waals surface area contributed by atoms with Crippen LogP contribution in [0.5, 0.6) is 0 Å². The fraction of sp³-hybridized carbons (Fsp3) is 0.100. The van der Waals surface area contributed by atoms with Gasteiger partial charge in [0.25, 0.3) is 0 Å². The lowest BCUT2D eigenvalue weighted by Crippen LogP contribution is -2.11. The van der Waals surface area contributed by atoms with Crippen molar-refractivity contribution in [2.24, 2.45) is 0 Å². The molecule has 148 valence electrons. The van der Waals surface area contributed by atoms with Gasteiger partial charge >= 0.3 is 12.4 Å². The maximum atomic E-state index is 13.3. The highest BCUT2D eigenvalue weighted by atomic mass is 19.4. The maximum absolute atomic E-state index is 13.3. The van der Waals surface area contributed by atoms with Gasteiger partial charge in [0.1, 0.15) is 11.3 Å². The number of hydrogen-bond acceptors (Lipinski definition) is 2. The van der Waals surface area contributed by atoms with Gasteiger partial charge in [0.15, 0.2) is 0 Å². The van der Waals surface area contributed by atoms with Gasteiger partial charge in [-0.1, -0.05) is 30.3 Å². The molecule has 0 saturated carbocycles. The largest absolute Gasteiger partial charge is 0.418 e. The monoisotopic (exact) mass is 407 g/mol. The molecule has 0 aliphatic heterocycles. The summed E-state index contributed by atoms with van der Waals surface area (Å²) in [6, 6.07) is 12.7. The standard InChI is InChI=1S/C20H11F6N3/c21-19(22,23)13-9-14(20(24,25)26)17-16(10-13)28-18(29-17)12-6-4-11(5-7-12)15-3-1-2-8-27-15/h1-10H,(H,28,29). The summed E-state index contributed by atoms with van der Waals surface area (Å²) >= 11 is 0. The molecule has 0 bridgehead atoms. The second-order valence-electron chi connectivity index (χ2n) is 6.29. The molecule has 3 nitrogen and oxygen atoms in total. The van der Waals surface area contributed by atoms with E-state index in [0.717, 1.165) is 5.56 Å². The topological polar surface area (TPSA) is 41.6 Å². The summed E-state index contributed by atoms with van der Waals surface area (Å²) in [5.74, 6) is 0.0393. The first kappa shape index (κ1) is 19.0. The van der Waals surface area contributed by atoms with E-state index in [9.17, 15) is 26.3 Å². The lowest BCUT2D eigenvalue weighted by atomic mass is 10.1. The van der Waals surface area contributed by atoms with E-state index in [0.29, 0.717) is 17.3 Å². The molecule has 9 heteroatoms. The first-order valence-electron chi connectivity index (χ1n) is 8.33. The van der Waals surface area contributed by atoms with Gasteiger partial charge in [-0.2, -0.15) is 26.3 Å². The predicted molar refractivity (Wildman–Crippen MR) is 94.8 cm³/mol. The molecule has 0 saturated heterocycles. The van der Waals surface area contributed by atoms with Crippen LogP contribution in [-0.4, -0.2) is 15.0 Å². The number of H-pyrrole nitrogens is 1. The van der Waals surface area contributed by atoms with Crippen LogP contribution in [0.4, 0.5) is 26.3 Å². The molecular formula is C20H11F6N3. The summed E-state index contributed by atoms with van der Waals surface area (Å²) in [6.07, 6.45) is -8.27. The summed E-state index contributed by atoms with van der Waals surface area (Å²) < 4.78 is 79.0. The van der Waals surface area contributed by atoms with Crippen molar-refractivity contribution >= 4 is 11.0 Å². The molecule has 4 aromatic rings. The normalized spacial score (nSPS) is 12.5. The molecule has 0 fully saturated rings. The third kappa shape index (κ3) is 3.67. The predicted octanol–water partition coefficient (Wildman–Crippen LogP) is 6.33. The number of alkyl halides is 6. The maximum Gasteiger partial charge on any atom is 0.418 e. The minimum absolute atomic E-state index is 0.0393. The molecule has 0 spiro atoms. The second-order valence-corrected chi connectivity index (χ2v) is 6.29. The lowest BCUT2D eigenvalue weighted by molar-refractivity contribution is -0.142. The molecule has 0 aliphatic carbocycles. The van der Waals surface area contributed by atoms with Crippen LogP contribution in [0.3, 0.4) is 0 Å². The molecular weight excluding hydrogens is 396 g/mol. The molecule has 0 aliphatic rings. The fourth-order valence-electron chi connectivity index (χ4n) is 2.97. The number of hydrogen-bond donors (Lipinski definition) is 1. The second kappa shape index (κ2) is 6.61. The first-order valence-corrected chi connectivity index (χ1v) is 8.33. The molecule has 2 aromatic carbocycles. The van der Waals surface area contributed by atoms with E-state index >= 15 is 0 Å². The number of aromatic nitrogens is 3. The molecule has 29 heavy (non-hydrogen) atoms. The average Bonchev–Trinajstić information content (AvgIpc) is 3.10. The Morgan fingerprint density at radius 2 is 1.45 bits per heavy atom. The smallest absolute Gasteiger partial charge is 0.338 e. The van der Waals surface area contributed by atoms with Gasteiger partial charge in [-0.05, 0) is 24.3 Å². The van der Waals surface area contributed by atoms with Gasteiger partial charge in [0, 0.05) is 17.3 Å². The Labute approximate surface area is 160 Å². The number of rotatable bonds is 2. The highest BCUT2D eigenvalue weighted by molar-refractivity contribution is 5.84. The van der Waals surface area contributed by atoms with Crippen LogP contribution in [-0.2, 0) is 12.4 Å². The van der Waals surface area contributed by atoms with E-state index in [1.807, 2.05) is 6.07 Å². The van der Waals surface area contributed by atoms with E-state index in [1.165, 1.54) is 0 Å². The van der Waals surface area contributed by atoms with Crippen LogP contribution < -0.4 is 0 Å². The van der Waals surface area contributed by atoms with Crippen molar-refractivity contribution in [1.29, 1.82) is 0 Å². The van der Waals surface area contributed by atoms with Gasteiger partial charge in [-0.25, -0.2) is 4.98 Å². The zero-order valence-corrected chi connectivity index (χ0v) is 14.4. The molecule has 4 rings (SSSR count). The minimum atomic E-state index is -4.98. The fourth-order valence-corrected chi connectivity index (χ4v) is 2.97. The number of benzene rings is 2. The minimum Gasteiger partial charge on any atom is -0.338 e. The van der Waals surface area contributed by atoms with Crippen LogP contribution >= 0.6 is 0 Å². The molecule has 0 unspecified atom stereocenters. The number of nitrogens with one attached hydrogen (secondary N) is 1. The summed E-state index contributed by atoms with van der Waals surface area (Å²) in [7, 11) is 0. The van der Waals surface area contributed by atoms with Crippen molar-refractivity contribution in [1.82, 2.24) is 15.0 Å². The van der Waals surface area contributed by atoms with Crippen LogP contribution in [0, 0.1) is 0 Å². The van der Waals surface area contributed by atoms with Crippen LogP contribution in [0.25, 0.3) is 33.7 Å². The third-order valence-electron chi connectivity index (χ3n) is 4.34. The Bertz CT molecular complexity index is 1160. The quantitative estimate of drug-likeness (QED) is 0.395. The Kier molecular flexibility index (Phi) is 4.33. The van der Waals surface area contributed by atoms with Gasteiger partial charge in [-0.15, -0.1) is 0 Å². The van der Waals surface area contributed by atoms with Crippen molar-refractivity contribution in [2.45, 2.75) is 12.4 Å². The van der Waals surface area contributed by atoms with Crippen LogP contribution in [0.2, 0.25) is 0 Å². The van der Waals surface area contributed by atoms with Crippen molar-refractivity contribution in [3.8, 4) is 22.6 Å². The van der Waals surface area contributed by atoms with E-state index in [2.05, 4.69) is 15.0 Å². The molecule has 0 radical (unpaired) electrons. The van der Waals surface area contributed by atoms with Gasteiger partial charge in [-0.3, -0.25) is 4.98 Å². The van der Waals surface area contributed by atoms with E-state index in [1.54, 1.807) is 42.6 Å². The summed E-state index contributed by atoms with van der Waals surface area (Å²) in [5, 5.41) is 0. The molecule has 1 N–H and O–H groups in total. The third-order valence-corrected chi connectivity index (χ3v) is 4.34. The van der Waals surface area contributed by atoms with Gasteiger partial charge < -0.3 is 4.98 Å². The van der Waals surface area contributed by atoms with E-state index in [-0.39, 0.29) is 17.4 Å². The van der Waals surface area contributed by atoms with Crippen molar-refractivity contribution in [3.05, 3.63) is 71.9 Å². The Hall–Kier alpha value is -3.36. The number of nitrogens with zero attached hydrogens (tertiary/aromatic N) is 2. The number of fused-ring (bicyclic) bond motifs is 1. The number of pyridine rings is 1. The Morgan fingerprint density at radius 3 is 2.03 bits per heavy atom. The Morgan fingerprint density at radius 1 is 0.759 bits per heavy atom. The SMILES string of the molecule is FC(F)(F)c1cc(C(F)(F)F)c2nc(-c3ccc(-c4ccccn4)cc3)[nH]c2c1. The number of imidazole rings is 1. The van der Waals surface area contributed by atoms with Crippen LogP contribution in [0.15, 0.2) is 60.8 Å². The van der Waals surface area contributed by atoms with Crippen molar-refractivity contribution in [2.75, 3.05) is 0 Å². The number of aromatic amines is 1. The molecule has 0 atom stereocenters. The lowest BCUT2D eigenvalue weighted by Gasteiger charge is -2.11. The Balaban J connectivity index is 1.81. The highest BCUT2D eigenvalue weighted by Crippen LogP contribution is 2.40. The van der Waals surface area contributed by atoms with Crippen molar-refractivity contribution in [3.63, 3.8) is 0 Å². The summed E-state index contributed by atoms with van der Waals surface area (Å²) in [5.41, 5.74) is -1.81. The zero-order valence-electron chi connectivity index (χ0n) is 14.4. The van der Waals surface area contributed by atoms with Crippen LogP contribution in [0.1, 0.15) is 11.1 Å². The average molecular weight is 407 g/mol. The summed E-state index contributed by atoms with van der Waals surface area (Å²) in [6.45, 7) is 0. The van der Waals surface area contributed by atoms with E-state index in [4.69, 9.17) is 0 Å². The zero-order chi connectivity index (χ0) is 20.8. The molecule has 2 aromatic heterocycles. The number of halogens is 6. The first-order chi connectivity index (χ1) is 13.6. The van der Waals surface area contributed by atoms with Gasteiger partial charge in [0.2, 0.25) is 0 Å².